The summed E-state index contributed by atoms with van der Waals surface area (Å²) in [7, 11) is 0. The predicted octanol–water partition coefficient (Wildman–Crippen LogP) is 2.04. The van der Waals surface area contributed by atoms with Crippen LogP contribution in [0, 0.1) is 0 Å². The summed E-state index contributed by atoms with van der Waals surface area (Å²) in [6.07, 6.45) is -1.79. The second-order valence-electron chi connectivity index (χ2n) is 3.74. The van der Waals surface area contributed by atoms with E-state index < -0.39 is 23.5 Å². The van der Waals surface area contributed by atoms with Gasteiger partial charge in [-0.15, -0.1) is 0 Å². The van der Waals surface area contributed by atoms with Crippen molar-refractivity contribution in [3.05, 3.63) is 47.5 Å². The Hall–Kier alpha value is -2.38. The number of hydrogen-bond donors (Lipinski definition) is 1. The zero-order valence-electron chi connectivity index (χ0n) is 9.42. The monoisotopic (exact) mass is 271 g/mol. The van der Waals surface area contributed by atoms with Gasteiger partial charge in [0.15, 0.2) is 5.69 Å². The van der Waals surface area contributed by atoms with Crippen LogP contribution in [0.2, 0.25) is 0 Å². The van der Waals surface area contributed by atoms with Gasteiger partial charge in [0.05, 0.1) is 6.54 Å². The van der Waals surface area contributed by atoms with Crippen LogP contribution in [0.1, 0.15) is 21.7 Å². The molecular formula is C11H8F3N3O2. The Morgan fingerprint density at radius 1 is 1.42 bits per heavy atom. The van der Waals surface area contributed by atoms with E-state index in [2.05, 4.69) is 10.1 Å². The van der Waals surface area contributed by atoms with Crippen LogP contribution >= 0.6 is 0 Å². The minimum atomic E-state index is -4.66. The molecule has 0 aliphatic rings. The molecule has 2 aromatic rings. The number of carboxylic acids is 1. The average Bonchev–Trinajstić information content (AvgIpc) is 2.74. The molecule has 5 nitrogen and oxygen atoms in total. The van der Waals surface area contributed by atoms with E-state index >= 15 is 0 Å². The standard InChI is InChI=1S/C11H8F3N3O2/c12-11(13,14)9-4-8(10(18)19)16-17(9)6-7-2-1-3-15-5-7/h1-5H,6H2,(H,18,19). The lowest BCUT2D eigenvalue weighted by Crippen LogP contribution is -2.15. The molecule has 0 fully saturated rings. The van der Waals surface area contributed by atoms with E-state index in [4.69, 9.17) is 5.11 Å². The van der Waals surface area contributed by atoms with Crippen LogP contribution in [-0.2, 0) is 12.7 Å². The molecular weight excluding hydrogens is 263 g/mol. The number of nitrogens with zero attached hydrogens (tertiary/aromatic N) is 3. The van der Waals surface area contributed by atoms with E-state index in [-0.39, 0.29) is 6.54 Å². The van der Waals surface area contributed by atoms with Gasteiger partial charge in [-0.1, -0.05) is 6.07 Å². The topological polar surface area (TPSA) is 68.0 Å². The molecule has 100 valence electrons. The Bertz CT molecular complexity index is 593. The molecule has 0 saturated heterocycles. The highest BCUT2D eigenvalue weighted by atomic mass is 19.4. The Morgan fingerprint density at radius 3 is 2.68 bits per heavy atom. The predicted molar refractivity (Wildman–Crippen MR) is 57.5 cm³/mol. The number of carbonyl (C=O) groups is 1. The third-order valence-corrected chi connectivity index (χ3v) is 2.34. The van der Waals surface area contributed by atoms with Gasteiger partial charge >= 0.3 is 12.1 Å². The zero-order chi connectivity index (χ0) is 14.0. The molecule has 0 aromatic carbocycles. The molecule has 0 spiro atoms. The van der Waals surface area contributed by atoms with Crippen molar-refractivity contribution in [3.8, 4) is 0 Å². The first-order valence-electron chi connectivity index (χ1n) is 5.15. The van der Waals surface area contributed by atoms with Crippen molar-refractivity contribution in [2.45, 2.75) is 12.7 Å². The summed E-state index contributed by atoms with van der Waals surface area (Å²) in [5.74, 6) is -1.50. The van der Waals surface area contributed by atoms with Crippen LogP contribution in [-0.4, -0.2) is 25.8 Å². The van der Waals surface area contributed by atoms with Gasteiger partial charge in [0, 0.05) is 18.5 Å². The zero-order valence-corrected chi connectivity index (χ0v) is 9.42. The number of carboxylic acid groups (broad SMARTS) is 1. The molecule has 2 heterocycles. The van der Waals surface area contributed by atoms with Gasteiger partial charge in [-0.05, 0) is 11.6 Å². The van der Waals surface area contributed by atoms with Crippen LogP contribution < -0.4 is 0 Å². The molecule has 0 aliphatic carbocycles. The Labute approximate surface area is 105 Å². The third kappa shape index (κ3) is 2.90. The van der Waals surface area contributed by atoms with E-state index in [1.165, 1.54) is 12.4 Å². The Morgan fingerprint density at radius 2 is 2.16 bits per heavy atom. The van der Waals surface area contributed by atoms with Gasteiger partial charge in [0.25, 0.3) is 0 Å². The van der Waals surface area contributed by atoms with Gasteiger partial charge in [-0.2, -0.15) is 18.3 Å². The number of hydrogen-bond acceptors (Lipinski definition) is 3. The van der Waals surface area contributed by atoms with E-state index in [1.807, 2.05) is 0 Å². The first-order chi connectivity index (χ1) is 8.88. The van der Waals surface area contributed by atoms with Crippen LogP contribution in [0.4, 0.5) is 13.2 Å². The number of aromatic carboxylic acids is 1. The number of halogens is 3. The summed E-state index contributed by atoms with van der Waals surface area (Å²) < 4.78 is 38.9. The lowest BCUT2D eigenvalue weighted by atomic mass is 10.3. The molecule has 1 N–H and O–H groups in total. The van der Waals surface area contributed by atoms with E-state index in [0.717, 1.165) is 0 Å². The molecule has 0 aliphatic heterocycles. The largest absolute Gasteiger partial charge is 0.476 e. The smallest absolute Gasteiger partial charge is 0.433 e. The second kappa shape index (κ2) is 4.71. The van der Waals surface area contributed by atoms with Crippen molar-refractivity contribution in [2.24, 2.45) is 0 Å². The summed E-state index contributed by atoms with van der Waals surface area (Å²) >= 11 is 0. The van der Waals surface area contributed by atoms with Crippen molar-refractivity contribution in [3.63, 3.8) is 0 Å². The fraction of sp³-hybridized carbons (Fsp3) is 0.182. The first-order valence-corrected chi connectivity index (χ1v) is 5.15. The highest BCUT2D eigenvalue weighted by Gasteiger charge is 2.36. The van der Waals surface area contributed by atoms with E-state index in [9.17, 15) is 18.0 Å². The number of rotatable bonds is 3. The molecule has 0 amide bonds. The molecule has 0 saturated carbocycles. The summed E-state index contributed by atoms with van der Waals surface area (Å²) in [5, 5.41) is 12.1. The minimum Gasteiger partial charge on any atom is -0.476 e. The van der Waals surface area contributed by atoms with Crippen molar-refractivity contribution in [1.29, 1.82) is 0 Å². The van der Waals surface area contributed by atoms with E-state index in [1.54, 1.807) is 12.1 Å². The maximum atomic E-state index is 12.8. The first kappa shape index (κ1) is 13.1. The Balaban J connectivity index is 2.41. The van der Waals surface area contributed by atoms with Crippen LogP contribution in [0.3, 0.4) is 0 Å². The summed E-state index contributed by atoms with van der Waals surface area (Å²) in [4.78, 5) is 14.5. The molecule has 2 rings (SSSR count). The molecule has 19 heavy (non-hydrogen) atoms. The molecule has 0 unspecified atom stereocenters. The lowest BCUT2D eigenvalue weighted by Gasteiger charge is -2.09. The summed E-state index contributed by atoms with van der Waals surface area (Å²) in [6.45, 7) is -0.198. The molecule has 8 heteroatoms. The number of aromatic nitrogens is 3. The van der Waals surface area contributed by atoms with Gasteiger partial charge in [-0.25, -0.2) is 4.79 Å². The summed E-state index contributed by atoms with van der Waals surface area (Å²) in [5.41, 5.74) is -1.25. The van der Waals surface area contributed by atoms with Crippen LogP contribution in [0.5, 0.6) is 0 Å². The highest BCUT2D eigenvalue weighted by Crippen LogP contribution is 2.30. The van der Waals surface area contributed by atoms with Crippen LogP contribution in [0.15, 0.2) is 30.6 Å². The Kier molecular flexibility index (Phi) is 3.24. The average molecular weight is 271 g/mol. The van der Waals surface area contributed by atoms with Crippen molar-refractivity contribution in [1.82, 2.24) is 14.8 Å². The summed E-state index contributed by atoms with van der Waals surface area (Å²) in [6, 6.07) is 3.66. The maximum absolute atomic E-state index is 12.8. The minimum absolute atomic E-state index is 0.198. The highest BCUT2D eigenvalue weighted by molar-refractivity contribution is 5.85. The lowest BCUT2D eigenvalue weighted by molar-refractivity contribution is -0.144. The molecule has 0 atom stereocenters. The number of alkyl halides is 3. The van der Waals surface area contributed by atoms with Crippen LogP contribution in [0.25, 0.3) is 0 Å². The third-order valence-electron chi connectivity index (χ3n) is 2.34. The van der Waals surface area contributed by atoms with Crippen molar-refractivity contribution >= 4 is 5.97 Å². The van der Waals surface area contributed by atoms with Gasteiger partial charge < -0.3 is 5.11 Å². The molecule has 0 radical (unpaired) electrons. The number of pyridine rings is 1. The molecule has 0 bridgehead atoms. The fourth-order valence-electron chi connectivity index (χ4n) is 1.53. The second-order valence-corrected chi connectivity index (χ2v) is 3.74. The van der Waals surface area contributed by atoms with Gasteiger partial charge in [0.2, 0.25) is 0 Å². The van der Waals surface area contributed by atoms with Crippen molar-refractivity contribution in [2.75, 3.05) is 0 Å². The molecule has 2 aromatic heterocycles. The maximum Gasteiger partial charge on any atom is 0.433 e. The van der Waals surface area contributed by atoms with E-state index in [0.29, 0.717) is 16.3 Å². The quantitative estimate of drug-likeness (QED) is 0.927. The normalized spacial score (nSPS) is 11.5. The van der Waals surface area contributed by atoms with Gasteiger partial charge in [-0.3, -0.25) is 9.67 Å². The van der Waals surface area contributed by atoms with Crippen molar-refractivity contribution < 1.29 is 23.1 Å². The SMILES string of the molecule is O=C(O)c1cc(C(F)(F)F)n(Cc2cccnc2)n1. The van der Waals surface area contributed by atoms with Gasteiger partial charge in [0.1, 0.15) is 5.69 Å². The fourth-order valence-corrected chi connectivity index (χ4v) is 1.53.